The molecule has 0 aliphatic carbocycles. The van der Waals surface area contributed by atoms with E-state index in [2.05, 4.69) is 39.5 Å². The van der Waals surface area contributed by atoms with E-state index < -0.39 is 0 Å². The van der Waals surface area contributed by atoms with Crippen molar-refractivity contribution in [2.24, 2.45) is 0 Å². The van der Waals surface area contributed by atoms with Crippen molar-refractivity contribution in [2.75, 3.05) is 19.6 Å². The Bertz CT molecular complexity index is 558. The van der Waals surface area contributed by atoms with Gasteiger partial charge in [0, 0.05) is 43.8 Å². The van der Waals surface area contributed by atoms with Crippen LogP contribution in [0.2, 0.25) is 0 Å². The maximum Gasteiger partial charge on any atom is 0.0794 e. The Hall–Kier alpha value is -1.27. The molecule has 0 saturated carbocycles. The predicted octanol–water partition coefficient (Wildman–Crippen LogP) is 1.65. The van der Waals surface area contributed by atoms with Gasteiger partial charge in [0.25, 0.3) is 0 Å². The van der Waals surface area contributed by atoms with Gasteiger partial charge in [0.15, 0.2) is 0 Å². The number of aliphatic hydroxyl groups excluding tert-OH is 1. The molecular weight excluding hydrogens is 282 g/mol. The summed E-state index contributed by atoms with van der Waals surface area (Å²) in [6, 6.07) is 8.59. The van der Waals surface area contributed by atoms with E-state index in [4.69, 9.17) is 0 Å². The van der Waals surface area contributed by atoms with Crippen LogP contribution in [0.3, 0.4) is 0 Å². The topological polar surface area (TPSA) is 48.4 Å². The molecule has 2 aromatic rings. The Labute approximate surface area is 129 Å². The summed E-state index contributed by atoms with van der Waals surface area (Å²) in [4.78, 5) is 7.58. The van der Waals surface area contributed by atoms with Crippen LogP contribution in [0.15, 0.2) is 36.0 Å². The van der Waals surface area contributed by atoms with E-state index in [9.17, 15) is 5.11 Å². The fourth-order valence-electron chi connectivity index (χ4n) is 2.76. The monoisotopic (exact) mass is 303 g/mol. The maximum atomic E-state index is 10.2. The predicted molar refractivity (Wildman–Crippen MR) is 85.3 cm³/mol. The van der Waals surface area contributed by atoms with Crippen LogP contribution in [-0.2, 0) is 19.5 Å². The summed E-state index contributed by atoms with van der Waals surface area (Å²) >= 11 is 1.64. The minimum atomic E-state index is -0.330. The molecule has 1 aromatic carbocycles. The fraction of sp³-hybridized carbons (Fsp3) is 0.438. The number of aromatic nitrogens is 1. The van der Waals surface area contributed by atoms with Gasteiger partial charge in [-0.25, -0.2) is 0 Å². The van der Waals surface area contributed by atoms with Gasteiger partial charge in [-0.2, -0.15) is 0 Å². The zero-order valence-corrected chi connectivity index (χ0v) is 12.9. The lowest BCUT2D eigenvalue weighted by Crippen LogP contribution is -2.40. The molecule has 0 saturated heterocycles. The molecule has 3 rings (SSSR count). The van der Waals surface area contributed by atoms with Crippen molar-refractivity contribution >= 4 is 11.3 Å². The zero-order chi connectivity index (χ0) is 14.5. The Morgan fingerprint density at radius 2 is 2.19 bits per heavy atom. The van der Waals surface area contributed by atoms with Gasteiger partial charge in [0.1, 0.15) is 0 Å². The van der Waals surface area contributed by atoms with Crippen molar-refractivity contribution in [2.45, 2.75) is 25.6 Å². The lowest BCUT2D eigenvalue weighted by atomic mass is 10.00. The second-order valence-electron chi connectivity index (χ2n) is 5.51. The standard InChI is InChI=1S/C16H21N3OS/c20-15(7-17-8-16-9-18-12-21-16)11-19-6-5-13-3-1-2-4-14(13)10-19/h1-4,9,12,15,17,20H,5-8,10-11H2. The minimum absolute atomic E-state index is 0.330. The van der Waals surface area contributed by atoms with Crippen molar-refractivity contribution in [3.8, 4) is 0 Å². The summed E-state index contributed by atoms with van der Waals surface area (Å²) < 4.78 is 0. The Morgan fingerprint density at radius 3 is 3.00 bits per heavy atom. The smallest absolute Gasteiger partial charge is 0.0794 e. The van der Waals surface area contributed by atoms with Crippen molar-refractivity contribution in [1.29, 1.82) is 0 Å². The molecule has 1 aromatic heterocycles. The Kier molecular flexibility index (Phi) is 4.98. The third kappa shape index (κ3) is 4.11. The first-order chi connectivity index (χ1) is 10.3. The summed E-state index contributed by atoms with van der Waals surface area (Å²) in [6.07, 6.45) is 2.62. The lowest BCUT2D eigenvalue weighted by molar-refractivity contribution is 0.104. The number of nitrogens with zero attached hydrogens (tertiary/aromatic N) is 2. The molecular formula is C16H21N3OS. The van der Waals surface area contributed by atoms with E-state index in [1.54, 1.807) is 11.3 Å². The number of fused-ring (bicyclic) bond motifs is 1. The van der Waals surface area contributed by atoms with Crippen LogP contribution in [0.25, 0.3) is 0 Å². The largest absolute Gasteiger partial charge is 0.390 e. The van der Waals surface area contributed by atoms with Crippen LogP contribution < -0.4 is 5.32 Å². The molecule has 21 heavy (non-hydrogen) atoms. The molecule has 2 N–H and O–H groups in total. The van der Waals surface area contributed by atoms with Gasteiger partial charge in [-0.15, -0.1) is 11.3 Å². The quantitative estimate of drug-likeness (QED) is 0.852. The van der Waals surface area contributed by atoms with Crippen LogP contribution in [0.5, 0.6) is 0 Å². The molecule has 1 unspecified atom stereocenters. The molecule has 0 spiro atoms. The summed E-state index contributed by atoms with van der Waals surface area (Å²) in [5, 5.41) is 13.5. The number of β-amino-alcohol motifs (C(OH)–C–C–N with tert-alkyl or cyclic N) is 1. The van der Waals surface area contributed by atoms with E-state index in [0.717, 1.165) is 32.6 Å². The van der Waals surface area contributed by atoms with Gasteiger partial charge >= 0.3 is 0 Å². The first-order valence-corrected chi connectivity index (χ1v) is 8.24. The molecule has 0 radical (unpaired) electrons. The van der Waals surface area contributed by atoms with Crippen LogP contribution in [0.1, 0.15) is 16.0 Å². The van der Waals surface area contributed by atoms with Gasteiger partial charge in [-0.1, -0.05) is 24.3 Å². The highest BCUT2D eigenvalue weighted by atomic mass is 32.1. The average molecular weight is 303 g/mol. The summed E-state index contributed by atoms with van der Waals surface area (Å²) in [7, 11) is 0. The fourth-order valence-corrected chi connectivity index (χ4v) is 3.33. The second-order valence-corrected chi connectivity index (χ2v) is 6.48. The molecule has 0 bridgehead atoms. The van der Waals surface area contributed by atoms with E-state index in [1.165, 1.54) is 16.0 Å². The Morgan fingerprint density at radius 1 is 1.33 bits per heavy atom. The highest BCUT2D eigenvalue weighted by Crippen LogP contribution is 2.18. The van der Waals surface area contributed by atoms with Crippen molar-refractivity contribution in [3.05, 3.63) is 52.0 Å². The van der Waals surface area contributed by atoms with Gasteiger partial charge < -0.3 is 10.4 Å². The first-order valence-electron chi connectivity index (χ1n) is 7.36. The van der Waals surface area contributed by atoms with Gasteiger partial charge in [-0.3, -0.25) is 9.88 Å². The number of nitrogens with one attached hydrogen (secondary N) is 1. The summed E-state index contributed by atoms with van der Waals surface area (Å²) in [5.74, 6) is 0. The number of hydrogen-bond donors (Lipinski definition) is 2. The highest BCUT2D eigenvalue weighted by molar-refractivity contribution is 7.09. The van der Waals surface area contributed by atoms with E-state index >= 15 is 0 Å². The van der Waals surface area contributed by atoms with E-state index in [-0.39, 0.29) is 6.10 Å². The summed E-state index contributed by atoms with van der Waals surface area (Å²) in [6.45, 7) is 4.11. The third-order valence-corrected chi connectivity index (χ3v) is 4.62. The number of hydrogen-bond acceptors (Lipinski definition) is 5. The van der Waals surface area contributed by atoms with Crippen LogP contribution in [0.4, 0.5) is 0 Å². The molecule has 2 heterocycles. The number of benzene rings is 1. The molecule has 1 aliphatic heterocycles. The van der Waals surface area contributed by atoms with Crippen molar-refractivity contribution in [3.63, 3.8) is 0 Å². The minimum Gasteiger partial charge on any atom is -0.390 e. The molecule has 1 aliphatic rings. The van der Waals surface area contributed by atoms with E-state index in [0.29, 0.717) is 6.54 Å². The van der Waals surface area contributed by atoms with Crippen LogP contribution in [-0.4, -0.2) is 40.7 Å². The third-order valence-electron chi connectivity index (χ3n) is 3.84. The lowest BCUT2D eigenvalue weighted by Gasteiger charge is -2.30. The van der Waals surface area contributed by atoms with Crippen LogP contribution in [0, 0.1) is 0 Å². The van der Waals surface area contributed by atoms with Gasteiger partial charge in [-0.05, 0) is 17.5 Å². The van der Waals surface area contributed by atoms with Gasteiger partial charge in [0.2, 0.25) is 0 Å². The first kappa shape index (κ1) is 14.7. The number of aliphatic hydroxyl groups is 1. The number of rotatable bonds is 6. The normalized spacial score (nSPS) is 16.6. The maximum absolute atomic E-state index is 10.2. The second kappa shape index (κ2) is 7.13. The zero-order valence-electron chi connectivity index (χ0n) is 12.0. The molecule has 0 fully saturated rings. The van der Waals surface area contributed by atoms with Gasteiger partial charge in [0.05, 0.1) is 11.6 Å². The molecule has 4 nitrogen and oxygen atoms in total. The Balaban J connectivity index is 1.42. The SMILES string of the molecule is OC(CNCc1cncs1)CN1CCc2ccccc2C1. The molecule has 1 atom stereocenters. The molecule has 0 amide bonds. The highest BCUT2D eigenvalue weighted by Gasteiger charge is 2.18. The average Bonchev–Trinajstić information content (AvgIpc) is 3.00. The van der Waals surface area contributed by atoms with Crippen molar-refractivity contribution < 1.29 is 5.11 Å². The van der Waals surface area contributed by atoms with Crippen LogP contribution >= 0.6 is 11.3 Å². The molecule has 5 heteroatoms. The van der Waals surface area contributed by atoms with E-state index in [1.807, 2.05) is 11.7 Å². The van der Waals surface area contributed by atoms with Crippen molar-refractivity contribution in [1.82, 2.24) is 15.2 Å². The number of thiazole rings is 1. The molecule has 112 valence electrons. The summed E-state index contributed by atoms with van der Waals surface area (Å²) in [5.41, 5.74) is 4.68.